The Balaban J connectivity index is 0.000000256. The van der Waals surface area contributed by atoms with E-state index in [1.807, 2.05) is 0 Å². The molecular formula is C54H64N4P2Zr-6. The molecule has 0 amide bonds. The molecule has 6 aromatic carbocycles. The largest absolute Gasteiger partial charge is 0.671 e. The minimum atomic E-state index is -0.669. The van der Waals surface area contributed by atoms with Gasteiger partial charge in [0.25, 0.3) is 0 Å². The van der Waals surface area contributed by atoms with Crippen LogP contribution >= 0.6 is 15.8 Å². The summed E-state index contributed by atoms with van der Waals surface area (Å²) in [5.74, 6) is -0.00351. The molecule has 2 fully saturated rings. The molecule has 2 aliphatic rings. The van der Waals surface area contributed by atoms with E-state index in [9.17, 15) is 0 Å². The maximum absolute atomic E-state index is 5.37. The molecule has 2 unspecified atom stereocenters. The van der Waals surface area contributed by atoms with Crippen molar-refractivity contribution in [3.63, 3.8) is 0 Å². The van der Waals surface area contributed by atoms with Crippen LogP contribution in [0.2, 0.25) is 0 Å². The first-order valence-electron chi connectivity index (χ1n) is 21.4. The summed E-state index contributed by atoms with van der Waals surface area (Å²) in [6.07, 6.45) is 12.8. The first-order chi connectivity index (χ1) is 28.8. The van der Waals surface area contributed by atoms with Crippen molar-refractivity contribution in [1.29, 1.82) is 0 Å². The zero-order valence-electron chi connectivity index (χ0n) is 36.3. The second-order valence-corrected chi connectivity index (χ2v) is 19.8. The summed E-state index contributed by atoms with van der Waals surface area (Å²) >= 11 is 0. The zero-order valence-corrected chi connectivity index (χ0v) is 40.5. The molecule has 0 spiro atoms. The molecule has 0 bridgehead atoms. The Morgan fingerprint density at radius 1 is 0.361 bits per heavy atom. The van der Waals surface area contributed by atoms with Gasteiger partial charge in [-0.3, -0.25) is 0 Å². The van der Waals surface area contributed by atoms with Crippen molar-refractivity contribution in [1.82, 2.24) is 0 Å². The molecule has 0 radical (unpaired) electrons. The molecule has 4 nitrogen and oxygen atoms in total. The molecule has 2 saturated carbocycles. The van der Waals surface area contributed by atoms with Gasteiger partial charge >= 0.3 is 0 Å². The van der Waals surface area contributed by atoms with Crippen LogP contribution in [0, 0.1) is 14.9 Å². The molecule has 320 valence electrons. The fraction of sp³-hybridized carbons (Fsp3) is 0.296. The fourth-order valence-corrected chi connectivity index (χ4v) is 12.7. The molecule has 8 rings (SSSR count). The maximum Gasteiger partial charge on any atom is 0 e. The molecule has 0 aliphatic heterocycles. The summed E-state index contributed by atoms with van der Waals surface area (Å²) in [7, 11) is -1.34. The van der Waals surface area contributed by atoms with Gasteiger partial charge in [-0.15, -0.1) is 25.2 Å². The van der Waals surface area contributed by atoms with Gasteiger partial charge in [0.1, 0.15) is 0 Å². The monoisotopic (exact) mass is 920 g/mol. The topological polar surface area (TPSA) is 56.4 Å². The van der Waals surface area contributed by atoms with E-state index in [1.54, 1.807) is 0 Å². The van der Waals surface area contributed by atoms with Crippen LogP contribution in [0.4, 0.5) is 0 Å². The summed E-state index contributed by atoms with van der Waals surface area (Å²) in [6.45, 7) is 1.44. The second-order valence-electron chi connectivity index (χ2n) is 15.3. The Hall–Kier alpha value is -3.10. The summed E-state index contributed by atoms with van der Waals surface area (Å²) < 4.78 is 0. The second kappa shape index (κ2) is 28.6. The standard InChI is InChI=1S/2C26H29N2P.2CH3.Zr/c2*1-5-13-22(14-6-1)21-27-26(28-23-15-7-2-8-16-23)29(24-17-9-3-10-18-24)25-19-11-4-12-20-25;;;/h2*1,3-6,9-14,17-20,23,26H,2,7-8,15-16,21H2;2*1H3;/q2*-2;2*-1;. The van der Waals surface area contributed by atoms with Gasteiger partial charge in [0.05, 0.1) is 0 Å². The predicted octanol–water partition coefficient (Wildman–Crippen LogP) is 14.3. The zero-order chi connectivity index (χ0) is 39.5. The van der Waals surface area contributed by atoms with Gasteiger partial charge in [-0.1, -0.05) is 273 Å². The minimum Gasteiger partial charge on any atom is -0.671 e. The van der Waals surface area contributed by atoms with Gasteiger partial charge in [0.15, 0.2) is 0 Å². The van der Waals surface area contributed by atoms with E-state index in [4.69, 9.17) is 21.3 Å². The van der Waals surface area contributed by atoms with Gasteiger partial charge in [0.2, 0.25) is 0 Å². The van der Waals surface area contributed by atoms with Crippen molar-refractivity contribution < 1.29 is 26.2 Å². The van der Waals surface area contributed by atoms with Crippen LogP contribution in [0.15, 0.2) is 182 Å². The van der Waals surface area contributed by atoms with E-state index in [0.717, 1.165) is 13.1 Å². The van der Waals surface area contributed by atoms with E-state index >= 15 is 0 Å². The molecule has 0 saturated heterocycles. The van der Waals surface area contributed by atoms with Crippen LogP contribution in [0.3, 0.4) is 0 Å². The Morgan fingerprint density at radius 2 is 0.607 bits per heavy atom. The van der Waals surface area contributed by atoms with E-state index in [0.29, 0.717) is 12.1 Å². The quantitative estimate of drug-likeness (QED) is 0.0686. The fourth-order valence-electron chi connectivity index (χ4n) is 7.96. The third-order valence-electron chi connectivity index (χ3n) is 11.0. The third kappa shape index (κ3) is 16.2. The molecule has 0 N–H and O–H groups in total. The number of hydrogen-bond donors (Lipinski definition) is 0. The minimum absolute atomic E-state index is 0. The van der Waals surface area contributed by atoms with Crippen LogP contribution in [0.25, 0.3) is 21.3 Å². The van der Waals surface area contributed by atoms with E-state index in [2.05, 4.69) is 182 Å². The molecule has 0 heterocycles. The van der Waals surface area contributed by atoms with Crippen molar-refractivity contribution in [2.24, 2.45) is 0 Å². The van der Waals surface area contributed by atoms with Crippen molar-refractivity contribution in [2.45, 2.75) is 101 Å². The van der Waals surface area contributed by atoms with E-state index in [1.165, 1.54) is 96.6 Å². The Labute approximate surface area is 391 Å². The number of nitrogens with zero attached hydrogens (tertiary/aromatic N) is 4. The molecule has 2 atom stereocenters. The Kier molecular flexibility index (Phi) is 23.7. The van der Waals surface area contributed by atoms with Gasteiger partial charge in [0, 0.05) is 26.2 Å². The summed E-state index contributed by atoms with van der Waals surface area (Å²) in [4.78, 5) is 0. The molecule has 2 aliphatic carbocycles. The molecule has 61 heavy (non-hydrogen) atoms. The molecule has 7 heteroatoms. The van der Waals surface area contributed by atoms with Crippen LogP contribution in [0.1, 0.15) is 75.3 Å². The smallest absolute Gasteiger partial charge is 0 e. The number of benzene rings is 6. The van der Waals surface area contributed by atoms with Crippen molar-refractivity contribution >= 4 is 37.1 Å². The van der Waals surface area contributed by atoms with Gasteiger partial charge in [-0.05, 0) is 21.2 Å². The van der Waals surface area contributed by atoms with Crippen molar-refractivity contribution in [2.75, 3.05) is 0 Å². The summed E-state index contributed by atoms with van der Waals surface area (Å²) in [5, 5.41) is 26.6. The predicted molar refractivity (Wildman–Crippen MR) is 266 cm³/mol. The van der Waals surface area contributed by atoms with Crippen LogP contribution in [-0.2, 0) is 39.3 Å². The molecular weight excluding hydrogens is 858 g/mol. The first-order valence-corrected chi connectivity index (χ1v) is 24.2. The third-order valence-corrected chi connectivity index (χ3v) is 15.9. The van der Waals surface area contributed by atoms with Crippen molar-refractivity contribution in [3.05, 3.63) is 229 Å². The van der Waals surface area contributed by atoms with E-state index in [-0.39, 0.29) is 52.9 Å². The maximum atomic E-state index is 5.37. The average molecular weight is 922 g/mol. The number of hydrogen-bond acceptors (Lipinski definition) is 0. The first kappa shape index (κ1) is 50.5. The van der Waals surface area contributed by atoms with Crippen LogP contribution in [0.5, 0.6) is 0 Å². The average Bonchev–Trinajstić information content (AvgIpc) is 3.30. The van der Waals surface area contributed by atoms with Crippen LogP contribution < -0.4 is 21.2 Å². The molecule has 6 aromatic rings. The van der Waals surface area contributed by atoms with Gasteiger partial charge in [-0.25, -0.2) is 11.8 Å². The summed E-state index contributed by atoms with van der Waals surface area (Å²) in [5.41, 5.74) is 2.51. The normalized spacial score (nSPS) is 15.2. The van der Waals surface area contributed by atoms with E-state index < -0.39 is 15.8 Å². The number of rotatable bonds is 16. The Morgan fingerprint density at radius 3 is 0.869 bits per heavy atom. The summed E-state index contributed by atoms with van der Waals surface area (Å²) in [6, 6.07) is 65.5. The van der Waals surface area contributed by atoms with Gasteiger partial charge < -0.3 is 36.1 Å². The van der Waals surface area contributed by atoms with Gasteiger partial charge in [-0.2, -0.15) is 0 Å². The molecule has 0 aromatic heterocycles. The van der Waals surface area contributed by atoms with Crippen molar-refractivity contribution in [3.8, 4) is 0 Å². The Bertz CT molecular complexity index is 1740. The van der Waals surface area contributed by atoms with Crippen LogP contribution in [-0.4, -0.2) is 23.9 Å². The SMILES string of the molecule is [CH3-].[CH3-].[Zr].c1ccc(C[N-]C([N-]C2CCCCC2)P(c2ccccc2)c2ccccc2)cc1.c1ccc(C[N-]C([N-]C2CCCCC2)P(c2ccccc2)c2ccccc2)cc1.